The van der Waals surface area contributed by atoms with Crippen molar-refractivity contribution in [1.29, 1.82) is 0 Å². The largest absolute Gasteiger partial charge is 0.507 e. The number of hydrogen-bond acceptors (Lipinski definition) is 6. The molecule has 2 aliphatic rings. The smallest absolute Gasteiger partial charge is 0.281 e. The summed E-state index contributed by atoms with van der Waals surface area (Å²) < 4.78 is 0. The van der Waals surface area contributed by atoms with Crippen molar-refractivity contribution in [2.75, 3.05) is 19.6 Å². The number of hydrogen-bond donors (Lipinski definition) is 1. The number of nitrogens with zero attached hydrogens (tertiary/aromatic N) is 4. The summed E-state index contributed by atoms with van der Waals surface area (Å²) in [5.74, 6) is -1.37. The van der Waals surface area contributed by atoms with Crippen LogP contribution < -0.4 is 0 Å². The van der Waals surface area contributed by atoms with Crippen LogP contribution in [-0.4, -0.2) is 57.2 Å². The summed E-state index contributed by atoms with van der Waals surface area (Å²) in [6.45, 7) is 2.35. The summed E-state index contributed by atoms with van der Waals surface area (Å²) in [6.07, 6.45) is 6.41. The highest BCUT2D eigenvalue weighted by Crippen LogP contribution is 2.29. The standard InChI is InChI=1S/C21H22N4O3/c26-18-7-3-2-6-16(18)19-17(14-24-12-4-1-5-13-24)21(28)25(23-19)20(27)15-8-10-22-11-9-15/h2-3,6-11,17,26H,1,4-5,12-14H2/t17-/m1/s1. The Bertz CT molecular complexity index is 907. The van der Waals surface area contributed by atoms with E-state index in [0.717, 1.165) is 30.9 Å². The fraction of sp³-hybridized carbons (Fsp3) is 0.333. The van der Waals surface area contributed by atoms with E-state index in [2.05, 4.69) is 15.0 Å². The molecule has 0 bridgehead atoms. The maximum Gasteiger partial charge on any atom is 0.281 e. The molecule has 0 saturated carbocycles. The number of carbonyl (C=O) groups excluding carboxylic acids is 2. The van der Waals surface area contributed by atoms with Gasteiger partial charge in [-0.05, 0) is 50.2 Å². The molecule has 0 aliphatic carbocycles. The van der Waals surface area contributed by atoms with Gasteiger partial charge in [-0.25, -0.2) is 0 Å². The lowest BCUT2D eigenvalue weighted by Crippen LogP contribution is -2.41. The second-order valence-electron chi connectivity index (χ2n) is 7.11. The molecule has 28 heavy (non-hydrogen) atoms. The van der Waals surface area contributed by atoms with Gasteiger partial charge in [0.05, 0.1) is 11.6 Å². The zero-order valence-corrected chi connectivity index (χ0v) is 15.5. The quantitative estimate of drug-likeness (QED) is 0.825. The highest BCUT2D eigenvalue weighted by atomic mass is 16.3. The number of piperidine rings is 1. The monoisotopic (exact) mass is 378 g/mol. The third kappa shape index (κ3) is 3.53. The number of aromatic nitrogens is 1. The third-order valence-electron chi connectivity index (χ3n) is 5.23. The number of hydrazone groups is 1. The molecule has 2 aliphatic heterocycles. The van der Waals surface area contributed by atoms with Crippen molar-refractivity contribution in [1.82, 2.24) is 14.9 Å². The summed E-state index contributed by atoms with van der Waals surface area (Å²) in [5.41, 5.74) is 1.28. The van der Waals surface area contributed by atoms with E-state index in [-0.39, 0.29) is 11.7 Å². The molecule has 0 unspecified atom stereocenters. The summed E-state index contributed by atoms with van der Waals surface area (Å²) in [5, 5.41) is 15.6. The van der Waals surface area contributed by atoms with E-state index in [4.69, 9.17) is 0 Å². The Kier molecular flexibility index (Phi) is 5.16. The van der Waals surface area contributed by atoms with E-state index in [1.54, 1.807) is 36.4 Å². The number of para-hydroxylation sites is 1. The number of aromatic hydroxyl groups is 1. The van der Waals surface area contributed by atoms with Crippen LogP contribution in [0.2, 0.25) is 0 Å². The topological polar surface area (TPSA) is 86.1 Å². The zero-order valence-electron chi connectivity index (χ0n) is 15.5. The van der Waals surface area contributed by atoms with Crippen LogP contribution in [0.1, 0.15) is 35.2 Å². The Morgan fingerprint density at radius 2 is 1.79 bits per heavy atom. The van der Waals surface area contributed by atoms with Gasteiger partial charge in [-0.3, -0.25) is 14.6 Å². The average Bonchev–Trinajstić information content (AvgIpc) is 3.05. The molecule has 3 heterocycles. The summed E-state index contributed by atoms with van der Waals surface area (Å²) in [7, 11) is 0. The Balaban J connectivity index is 1.68. The number of likely N-dealkylation sites (tertiary alicyclic amines) is 1. The van der Waals surface area contributed by atoms with Gasteiger partial charge in [0.25, 0.3) is 11.8 Å². The fourth-order valence-corrected chi connectivity index (χ4v) is 3.75. The van der Waals surface area contributed by atoms with E-state index in [0.29, 0.717) is 23.4 Å². The second-order valence-corrected chi connectivity index (χ2v) is 7.11. The molecule has 7 heteroatoms. The maximum absolute atomic E-state index is 13.2. The van der Waals surface area contributed by atoms with Crippen LogP contribution in [0.25, 0.3) is 0 Å². The minimum atomic E-state index is -0.586. The Morgan fingerprint density at radius 1 is 1.07 bits per heavy atom. The molecule has 1 aromatic carbocycles. The van der Waals surface area contributed by atoms with Crippen molar-refractivity contribution >= 4 is 17.5 Å². The molecule has 1 saturated heterocycles. The van der Waals surface area contributed by atoms with Crippen LogP contribution in [0.5, 0.6) is 5.75 Å². The number of carbonyl (C=O) groups is 2. The number of phenolic OH excluding ortho intramolecular Hbond substituents is 1. The molecule has 4 rings (SSSR count). The Morgan fingerprint density at radius 3 is 2.50 bits per heavy atom. The van der Waals surface area contributed by atoms with Gasteiger partial charge in [0.1, 0.15) is 5.75 Å². The highest BCUT2D eigenvalue weighted by Gasteiger charge is 2.41. The predicted octanol–water partition coefficient (Wildman–Crippen LogP) is 2.28. The normalized spacial score (nSPS) is 20.3. The molecule has 1 atom stereocenters. The minimum absolute atomic E-state index is 0.0518. The number of phenols is 1. The van der Waals surface area contributed by atoms with Gasteiger partial charge >= 0.3 is 0 Å². The second kappa shape index (κ2) is 7.90. The van der Waals surface area contributed by atoms with Gasteiger partial charge in [-0.2, -0.15) is 10.1 Å². The van der Waals surface area contributed by atoms with Crippen LogP contribution in [0.4, 0.5) is 0 Å². The average molecular weight is 378 g/mol. The van der Waals surface area contributed by atoms with Gasteiger partial charge in [0.15, 0.2) is 0 Å². The van der Waals surface area contributed by atoms with E-state index >= 15 is 0 Å². The van der Waals surface area contributed by atoms with Gasteiger partial charge < -0.3 is 10.0 Å². The van der Waals surface area contributed by atoms with E-state index in [1.807, 2.05) is 0 Å². The first kappa shape index (κ1) is 18.3. The van der Waals surface area contributed by atoms with Gasteiger partial charge in [0.2, 0.25) is 0 Å². The molecule has 1 fully saturated rings. The lowest BCUT2D eigenvalue weighted by Gasteiger charge is -2.28. The molecule has 0 radical (unpaired) electrons. The SMILES string of the molecule is O=C(c1ccncc1)N1N=C(c2ccccc2O)[C@@H](CN2CCCCC2)C1=O. The van der Waals surface area contributed by atoms with Crippen molar-refractivity contribution < 1.29 is 14.7 Å². The molecular formula is C21H22N4O3. The Labute approximate surface area is 163 Å². The number of rotatable bonds is 4. The number of imide groups is 1. The Hall–Kier alpha value is -3.06. The minimum Gasteiger partial charge on any atom is -0.507 e. The van der Waals surface area contributed by atoms with Crippen LogP contribution in [0.3, 0.4) is 0 Å². The molecule has 144 valence electrons. The summed E-state index contributed by atoms with van der Waals surface area (Å²) >= 11 is 0. The summed E-state index contributed by atoms with van der Waals surface area (Å²) in [4.78, 5) is 32.2. The first-order valence-electron chi connectivity index (χ1n) is 9.52. The maximum atomic E-state index is 13.2. The molecule has 1 N–H and O–H groups in total. The zero-order chi connectivity index (χ0) is 19.5. The summed E-state index contributed by atoms with van der Waals surface area (Å²) in [6, 6.07) is 9.91. The number of pyridine rings is 1. The lowest BCUT2D eigenvalue weighted by atomic mass is 9.94. The van der Waals surface area contributed by atoms with Gasteiger partial charge in [-0.15, -0.1) is 0 Å². The van der Waals surface area contributed by atoms with Crippen LogP contribution in [0.15, 0.2) is 53.9 Å². The van der Waals surface area contributed by atoms with Gasteiger partial charge in [0, 0.05) is 30.1 Å². The van der Waals surface area contributed by atoms with Gasteiger partial charge in [-0.1, -0.05) is 18.6 Å². The fourth-order valence-electron chi connectivity index (χ4n) is 3.75. The van der Waals surface area contributed by atoms with E-state index < -0.39 is 11.8 Å². The molecule has 2 aromatic rings. The van der Waals surface area contributed by atoms with Crippen LogP contribution >= 0.6 is 0 Å². The first-order chi connectivity index (χ1) is 13.6. The third-order valence-corrected chi connectivity index (χ3v) is 5.23. The van der Waals surface area contributed by atoms with Crippen molar-refractivity contribution in [3.05, 3.63) is 59.9 Å². The predicted molar refractivity (Wildman–Crippen MR) is 104 cm³/mol. The van der Waals surface area contributed by atoms with Crippen molar-refractivity contribution in [2.24, 2.45) is 11.0 Å². The van der Waals surface area contributed by atoms with Crippen molar-refractivity contribution in [3.8, 4) is 5.75 Å². The van der Waals surface area contributed by atoms with Crippen molar-refractivity contribution in [2.45, 2.75) is 19.3 Å². The molecular weight excluding hydrogens is 356 g/mol. The molecule has 0 spiro atoms. The number of amides is 2. The molecule has 1 aromatic heterocycles. The first-order valence-corrected chi connectivity index (χ1v) is 9.52. The number of benzene rings is 1. The highest BCUT2D eigenvalue weighted by molar-refractivity contribution is 6.22. The molecule has 7 nitrogen and oxygen atoms in total. The van der Waals surface area contributed by atoms with Crippen molar-refractivity contribution in [3.63, 3.8) is 0 Å². The molecule has 2 amide bonds. The van der Waals surface area contributed by atoms with Crippen LogP contribution in [0, 0.1) is 5.92 Å². The van der Waals surface area contributed by atoms with E-state index in [1.165, 1.54) is 18.8 Å². The van der Waals surface area contributed by atoms with Crippen LogP contribution in [-0.2, 0) is 4.79 Å². The lowest BCUT2D eigenvalue weighted by molar-refractivity contribution is -0.129. The van der Waals surface area contributed by atoms with E-state index in [9.17, 15) is 14.7 Å².